The van der Waals surface area contributed by atoms with E-state index in [2.05, 4.69) is 0 Å². The maximum atomic E-state index is 13.0. The molecule has 0 unspecified atom stereocenters. The van der Waals surface area contributed by atoms with E-state index in [1.165, 1.54) is 12.1 Å². The fourth-order valence-corrected chi connectivity index (χ4v) is 2.72. The fraction of sp³-hybridized carbons (Fsp3) is 0.350. The van der Waals surface area contributed by atoms with E-state index in [4.69, 9.17) is 9.47 Å². The van der Waals surface area contributed by atoms with Gasteiger partial charge in [-0.15, -0.1) is 0 Å². The summed E-state index contributed by atoms with van der Waals surface area (Å²) in [4.78, 5) is 14.5. The molecule has 5 heteroatoms. The van der Waals surface area contributed by atoms with E-state index in [1.807, 2.05) is 29.2 Å². The molecule has 0 atom stereocenters. The van der Waals surface area contributed by atoms with Crippen LogP contribution < -0.4 is 9.47 Å². The monoisotopic (exact) mass is 343 g/mol. The largest absolute Gasteiger partial charge is 0.493 e. The highest BCUT2D eigenvalue weighted by molar-refractivity contribution is 5.77. The average molecular weight is 343 g/mol. The Hall–Kier alpha value is -2.56. The van der Waals surface area contributed by atoms with Crippen molar-refractivity contribution in [1.82, 2.24) is 4.90 Å². The van der Waals surface area contributed by atoms with Crippen LogP contribution in [-0.2, 0) is 11.3 Å². The first-order valence-corrected chi connectivity index (χ1v) is 8.47. The highest BCUT2D eigenvalue weighted by Gasteiger charge is 2.32. The highest BCUT2D eigenvalue weighted by atomic mass is 19.1. The van der Waals surface area contributed by atoms with Gasteiger partial charge in [-0.3, -0.25) is 4.79 Å². The molecule has 132 valence electrons. The molecule has 2 aromatic carbocycles. The molecule has 0 spiro atoms. The molecule has 1 aliphatic carbocycles. The minimum absolute atomic E-state index is 0.0572. The summed E-state index contributed by atoms with van der Waals surface area (Å²) in [5.74, 6) is 1.08. The fourth-order valence-electron chi connectivity index (χ4n) is 2.72. The topological polar surface area (TPSA) is 38.8 Å². The summed E-state index contributed by atoms with van der Waals surface area (Å²) >= 11 is 0. The summed E-state index contributed by atoms with van der Waals surface area (Å²) in [6.45, 7) is 0.810. The third-order valence-electron chi connectivity index (χ3n) is 4.22. The highest BCUT2D eigenvalue weighted by Crippen LogP contribution is 2.29. The first-order valence-electron chi connectivity index (χ1n) is 8.47. The van der Waals surface area contributed by atoms with E-state index in [1.54, 1.807) is 19.2 Å². The molecular weight excluding hydrogens is 321 g/mol. The van der Waals surface area contributed by atoms with Crippen molar-refractivity contribution in [3.05, 3.63) is 59.9 Å². The molecule has 1 saturated carbocycles. The molecule has 3 rings (SSSR count). The zero-order valence-electron chi connectivity index (χ0n) is 14.3. The number of amides is 1. The van der Waals surface area contributed by atoms with Gasteiger partial charge < -0.3 is 14.4 Å². The molecule has 1 aliphatic rings. The zero-order valence-corrected chi connectivity index (χ0v) is 14.3. The van der Waals surface area contributed by atoms with Crippen molar-refractivity contribution >= 4 is 5.91 Å². The second kappa shape index (κ2) is 8.01. The maximum Gasteiger partial charge on any atom is 0.226 e. The Morgan fingerprint density at radius 2 is 1.80 bits per heavy atom. The number of carbonyl (C=O) groups excluding carboxylic acids is 1. The summed E-state index contributed by atoms with van der Waals surface area (Å²) < 4.78 is 24.0. The molecule has 0 aromatic heterocycles. The first kappa shape index (κ1) is 17.3. The van der Waals surface area contributed by atoms with Crippen LogP contribution >= 0.6 is 0 Å². The number of para-hydroxylation sites is 2. The second-order valence-electron chi connectivity index (χ2n) is 6.13. The summed E-state index contributed by atoms with van der Waals surface area (Å²) in [7, 11) is 1.59. The quantitative estimate of drug-likeness (QED) is 0.732. The van der Waals surface area contributed by atoms with Gasteiger partial charge in [-0.25, -0.2) is 4.39 Å². The third kappa shape index (κ3) is 4.72. The first-order chi connectivity index (χ1) is 12.2. The van der Waals surface area contributed by atoms with Gasteiger partial charge in [0, 0.05) is 12.6 Å². The number of hydrogen-bond acceptors (Lipinski definition) is 3. The van der Waals surface area contributed by atoms with E-state index < -0.39 is 0 Å². The number of nitrogens with zero attached hydrogens (tertiary/aromatic N) is 1. The van der Waals surface area contributed by atoms with Crippen LogP contribution in [0.5, 0.6) is 11.5 Å². The van der Waals surface area contributed by atoms with E-state index in [-0.39, 0.29) is 11.7 Å². The SMILES string of the molecule is COc1ccccc1OCCC(=O)N(Cc1ccc(F)cc1)C1CC1. The number of carbonyl (C=O) groups is 1. The molecule has 1 amide bonds. The molecule has 4 nitrogen and oxygen atoms in total. The van der Waals surface area contributed by atoms with Gasteiger partial charge in [0.15, 0.2) is 11.5 Å². The van der Waals surface area contributed by atoms with Crippen molar-refractivity contribution < 1.29 is 18.7 Å². The summed E-state index contributed by atoms with van der Waals surface area (Å²) in [6.07, 6.45) is 2.36. The number of benzene rings is 2. The van der Waals surface area contributed by atoms with Gasteiger partial charge in [-0.1, -0.05) is 24.3 Å². The van der Waals surface area contributed by atoms with Crippen LogP contribution in [0.1, 0.15) is 24.8 Å². The minimum Gasteiger partial charge on any atom is -0.493 e. The lowest BCUT2D eigenvalue weighted by Gasteiger charge is -2.23. The Balaban J connectivity index is 1.55. The predicted octanol–water partition coefficient (Wildman–Crippen LogP) is 3.79. The molecule has 0 N–H and O–H groups in total. The van der Waals surface area contributed by atoms with E-state index in [9.17, 15) is 9.18 Å². The number of ether oxygens (including phenoxy) is 2. The van der Waals surface area contributed by atoms with Crippen molar-refractivity contribution in [2.45, 2.75) is 31.8 Å². The molecule has 25 heavy (non-hydrogen) atoms. The molecule has 0 heterocycles. The van der Waals surface area contributed by atoms with Gasteiger partial charge in [0.1, 0.15) is 5.82 Å². The number of rotatable bonds is 8. The van der Waals surface area contributed by atoms with Gasteiger partial charge in [-0.05, 0) is 42.7 Å². The second-order valence-corrected chi connectivity index (χ2v) is 6.13. The van der Waals surface area contributed by atoms with Crippen LogP contribution in [0.15, 0.2) is 48.5 Å². The van der Waals surface area contributed by atoms with Crippen LogP contribution in [0.2, 0.25) is 0 Å². The van der Waals surface area contributed by atoms with Crippen LogP contribution in [0.25, 0.3) is 0 Å². The van der Waals surface area contributed by atoms with Gasteiger partial charge in [0.05, 0.1) is 20.1 Å². The molecule has 0 radical (unpaired) electrons. The molecule has 1 fully saturated rings. The molecule has 2 aromatic rings. The summed E-state index contributed by atoms with van der Waals surface area (Å²) in [5.41, 5.74) is 0.937. The Morgan fingerprint density at radius 1 is 1.12 bits per heavy atom. The number of methoxy groups -OCH3 is 1. The van der Waals surface area contributed by atoms with Crippen LogP contribution in [0.3, 0.4) is 0 Å². The van der Waals surface area contributed by atoms with Crippen molar-refractivity contribution in [3.63, 3.8) is 0 Å². The van der Waals surface area contributed by atoms with Crippen molar-refractivity contribution in [3.8, 4) is 11.5 Å². The van der Waals surface area contributed by atoms with Gasteiger partial charge >= 0.3 is 0 Å². The van der Waals surface area contributed by atoms with Gasteiger partial charge in [0.2, 0.25) is 5.91 Å². The van der Waals surface area contributed by atoms with Crippen LogP contribution in [0.4, 0.5) is 4.39 Å². The standard InChI is InChI=1S/C20H22FNO3/c1-24-18-4-2-3-5-19(18)25-13-12-20(23)22(17-10-11-17)14-15-6-8-16(21)9-7-15/h2-9,17H,10-14H2,1H3. The lowest BCUT2D eigenvalue weighted by atomic mass is 10.2. The maximum absolute atomic E-state index is 13.0. The van der Waals surface area contributed by atoms with E-state index >= 15 is 0 Å². The Bertz CT molecular complexity index is 713. The lowest BCUT2D eigenvalue weighted by molar-refractivity contribution is -0.132. The lowest BCUT2D eigenvalue weighted by Crippen LogP contribution is -2.33. The van der Waals surface area contributed by atoms with Gasteiger partial charge in [-0.2, -0.15) is 0 Å². The van der Waals surface area contributed by atoms with Crippen LogP contribution in [-0.4, -0.2) is 30.6 Å². The molecule has 0 saturated heterocycles. The smallest absolute Gasteiger partial charge is 0.226 e. The third-order valence-corrected chi connectivity index (χ3v) is 4.22. The van der Waals surface area contributed by atoms with Crippen molar-refractivity contribution in [1.29, 1.82) is 0 Å². The Labute approximate surface area is 147 Å². The zero-order chi connectivity index (χ0) is 17.6. The van der Waals surface area contributed by atoms with E-state index in [0.29, 0.717) is 37.1 Å². The summed E-state index contributed by atoms with van der Waals surface area (Å²) in [5, 5.41) is 0. The number of halogens is 1. The average Bonchev–Trinajstić information content (AvgIpc) is 3.46. The molecule has 0 bridgehead atoms. The molecular formula is C20H22FNO3. The van der Waals surface area contributed by atoms with E-state index in [0.717, 1.165) is 18.4 Å². The molecule has 0 aliphatic heterocycles. The minimum atomic E-state index is -0.266. The van der Waals surface area contributed by atoms with Crippen molar-refractivity contribution in [2.75, 3.05) is 13.7 Å². The van der Waals surface area contributed by atoms with Crippen LogP contribution in [0, 0.1) is 5.82 Å². The Kier molecular flexibility index (Phi) is 5.53. The predicted molar refractivity (Wildman–Crippen MR) is 93.1 cm³/mol. The number of hydrogen-bond donors (Lipinski definition) is 0. The summed E-state index contributed by atoms with van der Waals surface area (Å²) in [6, 6.07) is 14.0. The Morgan fingerprint density at radius 3 is 2.44 bits per heavy atom. The normalized spacial score (nSPS) is 13.4. The van der Waals surface area contributed by atoms with Crippen molar-refractivity contribution in [2.24, 2.45) is 0 Å². The van der Waals surface area contributed by atoms with Gasteiger partial charge in [0.25, 0.3) is 0 Å².